The molecule has 0 aliphatic carbocycles. The molecule has 0 spiro atoms. The molecule has 0 N–H and O–H groups in total. The van der Waals surface area contributed by atoms with Crippen LogP contribution in [0.25, 0.3) is 0 Å². The number of ether oxygens (including phenoxy) is 1. The number of aldehydes is 1. The maximum absolute atomic E-state index is 12.5. The third-order valence-electron chi connectivity index (χ3n) is 4.61. The van der Waals surface area contributed by atoms with Crippen LogP contribution in [0.5, 0.6) is 0 Å². The van der Waals surface area contributed by atoms with Crippen LogP contribution in [0.3, 0.4) is 0 Å². The summed E-state index contributed by atoms with van der Waals surface area (Å²) in [5.41, 5.74) is -0.510. The van der Waals surface area contributed by atoms with Gasteiger partial charge in [0.1, 0.15) is 11.9 Å². The molecule has 0 aromatic rings. The Balaban J connectivity index is 2.58. The molecule has 0 aromatic carbocycles. The van der Waals surface area contributed by atoms with E-state index in [4.69, 9.17) is 4.74 Å². The Morgan fingerprint density at radius 2 is 1.92 bits per heavy atom. The monoisotopic (exact) mass is 351 g/mol. The van der Waals surface area contributed by atoms with Crippen molar-refractivity contribution in [3.05, 3.63) is 12.2 Å². The van der Waals surface area contributed by atoms with Gasteiger partial charge < -0.3 is 14.4 Å². The van der Waals surface area contributed by atoms with Gasteiger partial charge in [-0.2, -0.15) is 0 Å². The minimum Gasteiger partial charge on any atom is -0.444 e. The zero-order valence-electron chi connectivity index (χ0n) is 16.6. The van der Waals surface area contributed by atoms with E-state index in [0.29, 0.717) is 6.54 Å². The topological polar surface area (TPSA) is 46.6 Å². The summed E-state index contributed by atoms with van der Waals surface area (Å²) in [7, 11) is 0. The lowest BCUT2D eigenvalue weighted by Crippen LogP contribution is -2.49. The third-order valence-corrected chi connectivity index (χ3v) is 4.61. The summed E-state index contributed by atoms with van der Waals surface area (Å²) < 4.78 is 5.53. The molecule has 1 aliphatic rings. The van der Waals surface area contributed by atoms with Gasteiger partial charge in [-0.05, 0) is 52.9 Å². The average molecular weight is 352 g/mol. The van der Waals surface area contributed by atoms with Crippen molar-refractivity contribution in [3.63, 3.8) is 0 Å². The first-order chi connectivity index (χ1) is 11.9. The summed E-state index contributed by atoms with van der Waals surface area (Å²) in [5.74, 6) is -0.233. The summed E-state index contributed by atoms with van der Waals surface area (Å²) in [6.07, 6.45) is 15.0. The van der Waals surface area contributed by atoms with Crippen molar-refractivity contribution in [1.82, 2.24) is 4.90 Å². The van der Waals surface area contributed by atoms with Gasteiger partial charge in [0, 0.05) is 12.6 Å². The number of rotatable bonds is 9. The van der Waals surface area contributed by atoms with Gasteiger partial charge in [-0.3, -0.25) is 0 Å². The SMILES string of the molecule is CCCCCCC/C=C/[C@@H](C=O)[C@@H]1CCCCN1C(=O)OC(C)(C)C. The minimum atomic E-state index is -0.510. The van der Waals surface area contributed by atoms with Crippen molar-refractivity contribution in [1.29, 1.82) is 0 Å². The molecule has 4 nitrogen and oxygen atoms in total. The lowest BCUT2D eigenvalue weighted by atomic mass is 9.91. The molecule has 0 saturated carbocycles. The fourth-order valence-electron chi connectivity index (χ4n) is 3.29. The van der Waals surface area contributed by atoms with Gasteiger partial charge in [-0.15, -0.1) is 0 Å². The van der Waals surface area contributed by atoms with E-state index in [1.54, 1.807) is 4.90 Å². The second-order valence-electron chi connectivity index (χ2n) is 8.08. The molecule has 2 atom stereocenters. The van der Waals surface area contributed by atoms with Gasteiger partial charge in [-0.25, -0.2) is 4.79 Å². The molecule has 1 heterocycles. The maximum atomic E-state index is 12.5. The van der Waals surface area contributed by atoms with E-state index in [1.165, 1.54) is 32.1 Å². The molecule has 4 heteroatoms. The summed E-state index contributed by atoms with van der Waals surface area (Å²) in [6, 6.07) is -0.0718. The van der Waals surface area contributed by atoms with Crippen molar-refractivity contribution < 1.29 is 14.3 Å². The Hall–Kier alpha value is -1.32. The summed E-state index contributed by atoms with van der Waals surface area (Å²) in [4.78, 5) is 25.9. The standard InChI is InChI=1S/C21H37NO3/c1-5-6-7-8-9-10-11-14-18(17-23)19-15-12-13-16-22(19)20(24)25-21(2,3)4/h11,14,17-19H,5-10,12-13,15-16H2,1-4H3/b14-11+/t18-,19-/m0/s1. The largest absolute Gasteiger partial charge is 0.444 e. The molecule has 1 saturated heterocycles. The summed E-state index contributed by atoms with van der Waals surface area (Å²) in [6.45, 7) is 8.52. The number of nitrogens with zero attached hydrogens (tertiary/aromatic N) is 1. The van der Waals surface area contributed by atoms with Crippen LogP contribution in [0, 0.1) is 5.92 Å². The number of piperidine rings is 1. The summed E-state index contributed by atoms with van der Waals surface area (Å²) in [5, 5.41) is 0. The predicted molar refractivity (Wildman–Crippen MR) is 103 cm³/mol. The second-order valence-corrected chi connectivity index (χ2v) is 8.08. The number of hydrogen-bond acceptors (Lipinski definition) is 3. The van der Waals surface area contributed by atoms with Gasteiger partial charge in [-0.1, -0.05) is 44.8 Å². The zero-order chi connectivity index (χ0) is 18.7. The molecule has 1 rings (SSSR count). The smallest absolute Gasteiger partial charge is 0.410 e. The molecule has 144 valence electrons. The highest BCUT2D eigenvalue weighted by molar-refractivity contribution is 5.70. The molecule has 1 amide bonds. The quantitative estimate of drug-likeness (QED) is 0.313. The van der Waals surface area contributed by atoms with Gasteiger partial charge in [0.15, 0.2) is 0 Å². The van der Waals surface area contributed by atoms with E-state index in [-0.39, 0.29) is 18.1 Å². The van der Waals surface area contributed by atoms with Crippen LogP contribution in [0.2, 0.25) is 0 Å². The Morgan fingerprint density at radius 1 is 1.20 bits per heavy atom. The van der Waals surface area contributed by atoms with Gasteiger partial charge >= 0.3 is 6.09 Å². The molecule has 1 aliphatic heterocycles. The third kappa shape index (κ3) is 8.55. The summed E-state index contributed by atoms with van der Waals surface area (Å²) >= 11 is 0. The van der Waals surface area contributed by atoms with E-state index in [0.717, 1.165) is 32.0 Å². The molecular formula is C21H37NO3. The van der Waals surface area contributed by atoms with Gasteiger partial charge in [0.25, 0.3) is 0 Å². The van der Waals surface area contributed by atoms with E-state index < -0.39 is 5.60 Å². The number of carbonyl (C=O) groups excluding carboxylic acids is 2. The molecule has 25 heavy (non-hydrogen) atoms. The zero-order valence-corrected chi connectivity index (χ0v) is 16.6. The first kappa shape index (κ1) is 21.7. The highest BCUT2D eigenvalue weighted by atomic mass is 16.6. The number of amides is 1. The number of unbranched alkanes of at least 4 members (excludes halogenated alkanes) is 5. The van der Waals surface area contributed by atoms with Crippen LogP contribution in [-0.2, 0) is 9.53 Å². The van der Waals surface area contributed by atoms with E-state index in [1.807, 2.05) is 26.8 Å². The van der Waals surface area contributed by atoms with Crippen molar-refractivity contribution in [2.24, 2.45) is 5.92 Å². The minimum absolute atomic E-state index is 0.0718. The highest BCUT2D eigenvalue weighted by Crippen LogP contribution is 2.25. The van der Waals surface area contributed by atoms with Crippen LogP contribution < -0.4 is 0 Å². The van der Waals surface area contributed by atoms with Crippen molar-refractivity contribution >= 4 is 12.4 Å². The Labute approximate surface area is 154 Å². The van der Waals surface area contributed by atoms with Crippen molar-refractivity contribution in [2.45, 2.75) is 97.1 Å². The fourth-order valence-corrected chi connectivity index (χ4v) is 3.29. The molecule has 0 unspecified atom stereocenters. The molecule has 1 fully saturated rings. The van der Waals surface area contributed by atoms with E-state index in [9.17, 15) is 9.59 Å². The lowest BCUT2D eigenvalue weighted by Gasteiger charge is -2.38. The van der Waals surface area contributed by atoms with Crippen molar-refractivity contribution in [2.75, 3.05) is 6.54 Å². The van der Waals surface area contributed by atoms with Crippen molar-refractivity contribution in [3.8, 4) is 0 Å². The average Bonchev–Trinajstić information content (AvgIpc) is 2.56. The first-order valence-corrected chi connectivity index (χ1v) is 10.0. The maximum Gasteiger partial charge on any atom is 0.410 e. The Kier molecular flexibility index (Phi) is 9.84. The molecular weight excluding hydrogens is 314 g/mol. The van der Waals surface area contributed by atoms with Gasteiger partial charge in [0.2, 0.25) is 0 Å². The van der Waals surface area contributed by atoms with Crippen LogP contribution in [0.15, 0.2) is 12.2 Å². The predicted octanol–water partition coefficient (Wildman–Crippen LogP) is 5.51. The Morgan fingerprint density at radius 3 is 2.56 bits per heavy atom. The number of likely N-dealkylation sites (tertiary alicyclic amines) is 1. The fraction of sp³-hybridized carbons (Fsp3) is 0.810. The first-order valence-electron chi connectivity index (χ1n) is 10.0. The normalized spacial score (nSPS) is 19.8. The van der Waals surface area contributed by atoms with Crippen LogP contribution in [0.4, 0.5) is 4.79 Å². The highest BCUT2D eigenvalue weighted by Gasteiger charge is 2.34. The van der Waals surface area contributed by atoms with Gasteiger partial charge in [0.05, 0.1) is 5.92 Å². The molecule has 0 bridgehead atoms. The number of carbonyl (C=O) groups is 2. The lowest BCUT2D eigenvalue weighted by molar-refractivity contribution is -0.111. The van der Waals surface area contributed by atoms with Crippen LogP contribution in [0.1, 0.15) is 85.5 Å². The molecule has 0 radical (unpaired) electrons. The number of hydrogen-bond donors (Lipinski definition) is 0. The van der Waals surface area contributed by atoms with Crippen LogP contribution >= 0.6 is 0 Å². The van der Waals surface area contributed by atoms with E-state index in [2.05, 4.69) is 13.0 Å². The van der Waals surface area contributed by atoms with E-state index >= 15 is 0 Å². The molecule has 0 aromatic heterocycles. The number of allylic oxidation sites excluding steroid dienone is 1. The Bertz CT molecular complexity index is 425. The van der Waals surface area contributed by atoms with Crippen LogP contribution in [-0.4, -0.2) is 35.5 Å². The second kappa shape index (κ2) is 11.3.